The lowest BCUT2D eigenvalue weighted by Gasteiger charge is -2.18. The van der Waals surface area contributed by atoms with E-state index < -0.39 is 7.26 Å². The van der Waals surface area contributed by atoms with E-state index in [0.29, 0.717) is 0 Å². The fourth-order valence-corrected chi connectivity index (χ4v) is 7.08. The minimum absolute atomic E-state index is 1.12. The van der Waals surface area contributed by atoms with Crippen LogP contribution in [0.5, 0.6) is 0 Å². The molecular formula is C17H20P+. The highest BCUT2D eigenvalue weighted by Gasteiger charge is 2.45. The van der Waals surface area contributed by atoms with Crippen LogP contribution in [0, 0.1) is 0 Å². The molecule has 0 amide bonds. The quantitative estimate of drug-likeness (QED) is 0.725. The van der Waals surface area contributed by atoms with Gasteiger partial charge in [-0.15, -0.1) is 0 Å². The summed E-state index contributed by atoms with van der Waals surface area (Å²) in [6.45, 7) is 4.81. The van der Waals surface area contributed by atoms with Crippen molar-refractivity contribution < 1.29 is 0 Å². The molecule has 1 heteroatoms. The van der Waals surface area contributed by atoms with Gasteiger partial charge in [0.2, 0.25) is 0 Å². The minimum Gasteiger partial charge on any atom is -0.0652 e. The molecule has 0 fully saturated rings. The van der Waals surface area contributed by atoms with Gasteiger partial charge in [0.05, 0.1) is 20.1 Å². The Morgan fingerprint density at radius 1 is 0.833 bits per heavy atom. The fraction of sp³-hybridized carbons (Fsp3) is 0.294. The molecule has 0 atom stereocenters. The summed E-state index contributed by atoms with van der Waals surface area (Å²) >= 11 is 0. The van der Waals surface area contributed by atoms with Crippen molar-refractivity contribution >= 4 is 17.9 Å². The molecule has 1 heterocycles. The number of benzene rings is 2. The summed E-state index contributed by atoms with van der Waals surface area (Å²) < 4.78 is 0. The molecule has 92 valence electrons. The molecule has 0 nitrogen and oxygen atoms in total. The van der Waals surface area contributed by atoms with Crippen molar-refractivity contribution in [1.82, 2.24) is 0 Å². The van der Waals surface area contributed by atoms with Gasteiger partial charge in [-0.05, 0) is 18.6 Å². The molecule has 0 aliphatic carbocycles. The minimum atomic E-state index is -1.12. The van der Waals surface area contributed by atoms with Crippen LogP contribution in [0.15, 0.2) is 48.5 Å². The lowest BCUT2D eigenvalue weighted by Crippen LogP contribution is -2.18. The highest BCUT2D eigenvalue weighted by molar-refractivity contribution is 7.90. The first-order valence-electron chi connectivity index (χ1n) is 6.82. The molecule has 3 rings (SSSR count). The van der Waals surface area contributed by atoms with E-state index in [1.807, 2.05) is 0 Å². The van der Waals surface area contributed by atoms with Gasteiger partial charge < -0.3 is 0 Å². The van der Waals surface area contributed by atoms with Crippen LogP contribution >= 0.6 is 7.26 Å². The van der Waals surface area contributed by atoms with Crippen molar-refractivity contribution in [3.63, 3.8) is 0 Å². The first-order chi connectivity index (χ1) is 8.77. The Morgan fingerprint density at radius 3 is 1.83 bits per heavy atom. The van der Waals surface area contributed by atoms with Gasteiger partial charge in [0.15, 0.2) is 0 Å². The van der Waals surface area contributed by atoms with Gasteiger partial charge in [0.25, 0.3) is 0 Å². The van der Waals surface area contributed by atoms with E-state index in [1.165, 1.54) is 30.1 Å². The van der Waals surface area contributed by atoms with Gasteiger partial charge in [0, 0.05) is 11.1 Å². The van der Waals surface area contributed by atoms with Crippen LogP contribution in [-0.4, -0.2) is 12.8 Å². The Morgan fingerprint density at radius 2 is 1.33 bits per heavy atom. The molecule has 0 bridgehead atoms. The second-order valence-electron chi connectivity index (χ2n) is 5.30. The Bertz CT molecular complexity index is 526. The van der Waals surface area contributed by atoms with Crippen molar-refractivity contribution in [3.05, 3.63) is 48.5 Å². The third-order valence-corrected chi connectivity index (χ3v) is 8.24. The molecule has 2 aromatic carbocycles. The second-order valence-corrected chi connectivity index (χ2v) is 9.10. The predicted octanol–water partition coefficient (Wildman–Crippen LogP) is 4.07. The van der Waals surface area contributed by atoms with Gasteiger partial charge in [0.1, 0.15) is 10.6 Å². The van der Waals surface area contributed by atoms with Gasteiger partial charge in [-0.2, -0.15) is 0 Å². The van der Waals surface area contributed by atoms with Crippen molar-refractivity contribution in [2.24, 2.45) is 0 Å². The predicted molar refractivity (Wildman–Crippen MR) is 83.8 cm³/mol. The maximum Gasteiger partial charge on any atom is 0.107 e. The molecule has 2 aromatic rings. The van der Waals surface area contributed by atoms with Gasteiger partial charge in [-0.25, -0.2) is 0 Å². The van der Waals surface area contributed by atoms with E-state index in [1.54, 1.807) is 10.6 Å². The van der Waals surface area contributed by atoms with Crippen molar-refractivity contribution in [1.29, 1.82) is 0 Å². The molecule has 0 unspecified atom stereocenters. The number of hydrogen-bond acceptors (Lipinski definition) is 0. The van der Waals surface area contributed by atoms with Gasteiger partial charge in [-0.1, -0.05) is 49.7 Å². The Hall–Kier alpha value is -1.13. The number of hydrogen-bond donors (Lipinski definition) is 0. The largest absolute Gasteiger partial charge is 0.107 e. The van der Waals surface area contributed by atoms with Crippen molar-refractivity contribution in [3.8, 4) is 11.1 Å². The van der Waals surface area contributed by atoms with Crippen molar-refractivity contribution in [2.45, 2.75) is 19.8 Å². The van der Waals surface area contributed by atoms with E-state index in [0.717, 1.165) is 0 Å². The molecule has 0 radical (unpaired) electrons. The standard InChI is InChI=1S/C17H20P/c1-3-4-13-18(2)16-11-7-5-9-14(16)15-10-6-8-12-17(15)18/h5-12H,3-4,13H2,1-2H3/q+1. The summed E-state index contributed by atoms with van der Waals surface area (Å²) in [7, 11) is -1.12. The maximum atomic E-state index is 2.52. The highest BCUT2D eigenvalue weighted by atomic mass is 31.2. The second kappa shape index (κ2) is 4.52. The molecule has 0 aromatic heterocycles. The summed E-state index contributed by atoms with van der Waals surface area (Å²) in [5.74, 6) is 0. The molecule has 18 heavy (non-hydrogen) atoms. The van der Waals surface area contributed by atoms with E-state index in [-0.39, 0.29) is 0 Å². The van der Waals surface area contributed by atoms with Crippen LogP contribution in [0.1, 0.15) is 19.8 Å². The monoisotopic (exact) mass is 255 g/mol. The maximum absolute atomic E-state index is 2.52. The van der Waals surface area contributed by atoms with Crippen LogP contribution in [0.25, 0.3) is 11.1 Å². The molecular weight excluding hydrogens is 235 g/mol. The summed E-state index contributed by atoms with van der Waals surface area (Å²) in [5.41, 5.74) is 2.97. The molecule has 0 N–H and O–H groups in total. The zero-order valence-corrected chi connectivity index (χ0v) is 12.1. The highest BCUT2D eigenvalue weighted by Crippen LogP contribution is 2.60. The summed E-state index contributed by atoms with van der Waals surface area (Å²) in [4.78, 5) is 0. The van der Waals surface area contributed by atoms with Crippen LogP contribution in [0.3, 0.4) is 0 Å². The molecule has 1 aliphatic rings. The van der Waals surface area contributed by atoms with Crippen molar-refractivity contribution in [2.75, 3.05) is 12.8 Å². The van der Waals surface area contributed by atoms with E-state index >= 15 is 0 Å². The van der Waals surface area contributed by atoms with E-state index in [2.05, 4.69) is 62.1 Å². The average molecular weight is 255 g/mol. The van der Waals surface area contributed by atoms with E-state index in [9.17, 15) is 0 Å². The zero-order chi connectivity index (χ0) is 12.6. The molecule has 0 spiro atoms. The molecule has 1 aliphatic heterocycles. The summed E-state index contributed by atoms with van der Waals surface area (Å²) in [6, 6.07) is 18.1. The fourth-order valence-electron chi connectivity index (χ4n) is 3.11. The summed E-state index contributed by atoms with van der Waals surface area (Å²) in [6.07, 6.45) is 3.99. The lowest BCUT2D eigenvalue weighted by molar-refractivity contribution is 0.891. The topological polar surface area (TPSA) is 0 Å². The first-order valence-corrected chi connectivity index (χ1v) is 9.24. The normalized spacial score (nSPS) is 15.2. The third kappa shape index (κ3) is 1.63. The SMILES string of the molecule is CCCC[P+]1(C)c2ccccc2-c2ccccc21. The molecule has 0 saturated carbocycles. The summed E-state index contributed by atoms with van der Waals surface area (Å²) in [5, 5.41) is 3.25. The smallest absolute Gasteiger partial charge is 0.0652 e. The Labute approximate surface area is 110 Å². The van der Waals surface area contributed by atoms with Crippen LogP contribution in [0.2, 0.25) is 0 Å². The first kappa shape index (κ1) is 11.9. The Balaban J connectivity index is 2.20. The average Bonchev–Trinajstić information content (AvgIpc) is 2.69. The van der Waals surface area contributed by atoms with Crippen LogP contribution < -0.4 is 10.6 Å². The zero-order valence-electron chi connectivity index (χ0n) is 11.2. The van der Waals surface area contributed by atoms with Crippen LogP contribution in [-0.2, 0) is 0 Å². The third-order valence-electron chi connectivity index (χ3n) is 4.12. The van der Waals surface area contributed by atoms with Crippen LogP contribution in [0.4, 0.5) is 0 Å². The van der Waals surface area contributed by atoms with Gasteiger partial charge >= 0.3 is 0 Å². The molecule has 0 saturated heterocycles. The number of unbranched alkanes of at least 4 members (excludes halogenated alkanes) is 1. The van der Waals surface area contributed by atoms with Gasteiger partial charge in [-0.3, -0.25) is 0 Å². The van der Waals surface area contributed by atoms with E-state index in [4.69, 9.17) is 0 Å². The lowest BCUT2D eigenvalue weighted by atomic mass is 10.1. The number of fused-ring (bicyclic) bond motifs is 3. The Kier molecular flexibility index (Phi) is 2.99. The number of rotatable bonds is 3.